The molecule has 20 heavy (non-hydrogen) atoms. The first-order valence-corrected chi connectivity index (χ1v) is 6.21. The van der Waals surface area contributed by atoms with Crippen molar-refractivity contribution >= 4 is 0 Å². The van der Waals surface area contributed by atoms with Crippen LogP contribution in [0.4, 0.5) is 0 Å². The molecular weight excluding hydrogens is 276 g/mol. The molecule has 0 spiro atoms. The number of aliphatic hydroxyl groups is 2. The molecule has 0 saturated heterocycles. The van der Waals surface area contributed by atoms with Crippen LogP contribution in [0.5, 0.6) is 0 Å². The summed E-state index contributed by atoms with van der Waals surface area (Å²) in [5, 5.41) is 44.8. The second-order valence-electron chi connectivity index (χ2n) is 4.39. The largest absolute Gasteiger partial charge is 0.396 e. The summed E-state index contributed by atoms with van der Waals surface area (Å²) >= 11 is 0. The van der Waals surface area contributed by atoms with Crippen LogP contribution in [-0.4, -0.2) is 44.0 Å². The lowest BCUT2D eigenvalue weighted by Gasteiger charge is -2.27. The van der Waals surface area contributed by atoms with Crippen molar-refractivity contribution in [1.82, 2.24) is 0 Å². The molecule has 1 rings (SSSR count). The molecule has 0 radical (unpaired) electrons. The van der Waals surface area contributed by atoms with Gasteiger partial charge in [0.25, 0.3) is 10.2 Å². The molecule has 1 fully saturated rings. The van der Waals surface area contributed by atoms with Crippen LogP contribution in [0, 0.1) is 32.1 Å². The summed E-state index contributed by atoms with van der Waals surface area (Å²) in [6.07, 6.45) is 6.98. The third-order valence-electron chi connectivity index (χ3n) is 3.04. The Hall–Kier alpha value is -1.68. The summed E-state index contributed by atoms with van der Waals surface area (Å²) in [7, 11) is 0. The highest BCUT2D eigenvalue weighted by Gasteiger charge is 2.19. The van der Waals surface area contributed by atoms with E-state index in [1.54, 1.807) is 0 Å². The molecule has 0 aromatic heterocycles. The lowest BCUT2D eigenvalue weighted by atomic mass is 9.79. The van der Waals surface area contributed by atoms with Crippen LogP contribution < -0.4 is 0 Å². The lowest BCUT2D eigenvalue weighted by molar-refractivity contribution is -0.742. The minimum atomic E-state index is -1.50. The van der Waals surface area contributed by atoms with Crippen LogP contribution in [0.25, 0.3) is 0 Å². The fraction of sp³-hybridized carbons (Fsp3) is 1.00. The van der Waals surface area contributed by atoms with E-state index in [-0.39, 0.29) is 0 Å². The third kappa shape index (κ3) is 18.7. The van der Waals surface area contributed by atoms with E-state index in [4.69, 9.17) is 40.9 Å². The maximum atomic E-state index is 8.75. The van der Waals surface area contributed by atoms with Crippen LogP contribution in [-0.2, 0) is 0 Å². The van der Waals surface area contributed by atoms with Crippen LogP contribution in [0.3, 0.4) is 0 Å². The Morgan fingerprint density at radius 2 is 1.00 bits per heavy atom. The van der Waals surface area contributed by atoms with Crippen LogP contribution in [0.15, 0.2) is 0 Å². The second kappa shape index (κ2) is 13.7. The molecule has 0 aromatic rings. The molecule has 0 aromatic carbocycles. The first-order valence-electron chi connectivity index (χ1n) is 6.21. The average Bonchev–Trinajstić information content (AvgIpc) is 2.31. The number of hydrogen-bond acceptors (Lipinski definition) is 6. The first-order chi connectivity index (χ1) is 9.33. The molecule has 10 heteroatoms. The van der Waals surface area contributed by atoms with Gasteiger partial charge in [0.2, 0.25) is 0 Å². The summed E-state index contributed by atoms with van der Waals surface area (Å²) < 4.78 is 0. The van der Waals surface area contributed by atoms with Gasteiger partial charge in [-0.15, -0.1) is 20.2 Å². The standard InChI is InChI=1S/C10H20O2.2HNO3/c11-7-5-9-1-2-10(4-3-9)6-8-12;2*2-1(3)4/h9-12H,1-8H2;2*(H,2,3,4). The maximum Gasteiger partial charge on any atom is 0.291 e. The number of hydrogen-bond donors (Lipinski definition) is 4. The highest BCUT2D eigenvalue weighted by molar-refractivity contribution is 4.72. The Morgan fingerprint density at radius 3 is 1.15 bits per heavy atom. The molecule has 0 aliphatic heterocycles. The topological polar surface area (TPSA) is 167 Å². The smallest absolute Gasteiger partial charge is 0.291 e. The molecule has 1 aliphatic carbocycles. The van der Waals surface area contributed by atoms with Crippen molar-refractivity contribution in [2.24, 2.45) is 11.8 Å². The summed E-state index contributed by atoms with van der Waals surface area (Å²) in [5.41, 5.74) is 0. The lowest BCUT2D eigenvalue weighted by Crippen LogP contribution is -2.16. The Balaban J connectivity index is 0. The summed E-state index contributed by atoms with van der Waals surface area (Å²) in [5.74, 6) is 1.51. The zero-order valence-electron chi connectivity index (χ0n) is 11.1. The minimum absolute atomic E-state index is 0.343. The van der Waals surface area contributed by atoms with Gasteiger partial charge in [-0.1, -0.05) is 25.7 Å². The van der Waals surface area contributed by atoms with Crippen molar-refractivity contribution in [3.63, 3.8) is 0 Å². The molecule has 10 nitrogen and oxygen atoms in total. The van der Waals surface area contributed by atoms with Gasteiger partial charge in [-0.3, -0.25) is 0 Å². The van der Waals surface area contributed by atoms with E-state index in [2.05, 4.69) is 0 Å². The molecule has 120 valence electrons. The third-order valence-corrected chi connectivity index (χ3v) is 3.04. The van der Waals surface area contributed by atoms with E-state index in [0.29, 0.717) is 13.2 Å². The Labute approximate surface area is 115 Å². The predicted octanol–water partition coefficient (Wildman–Crippen LogP) is 0.862. The van der Waals surface area contributed by atoms with Crippen molar-refractivity contribution in [3.8, 4) is 0 Å². The molecule has 0 heterocycles. The highest BCUT2D eigenvalue weighted by Crippen LogP contribution is 2.31. The number of rotatable bonds is 4. The van der Waals surface area contributed by atoms with Crippen molar-refractivity contribution in [2.75, 3.05) is 13.2 Å². The van der Waals surface area contributed by atoms with Crippen LogP contribution >= 0.6 is 0 Å². The van der Waals surface area contributed by atoms with E-state index in [1.807, 2.05) is 0 Å². The fourth-order valence-corrected chi connectivity index (χ4v) is 2.17. The zero-order valence-corrected chi connectivity index (χ0v) is 11.1. The van der Waals surface area contributed by atoms with Gasteiger partial charge in [-0.25, -0.2) is 0 Å². The van der Waals surface area contributed by atoms with E-state index in [9.17, 15) is 0 Å². The normalized spacial score (nSPS) is 20.7. The average molecular weight is 298 g/mol. The number of aliphatic hydroxyl groups excluding tert-OH is 2. The van der Waals surface area contributed by atoms with Crippen LogP contribution in [0.2, 0.25) is 0 Å². The SMILES string of the molecule is O=[N+]([O-])O.O=[N+]([O-])O.OCCC1CCC(CCO)CC1. The quantitative estimate of drug-likeness (QED) is 0.437. The molecule has 0 bridgehead atoms. The van der Waals surface area contributed by atoms with Gasteiger partial charge in [0.05, 0.1) is 0 Å². The monoisotopic (exact) mass is 298 g/mol. The predicted molar refractivity (Wildman–Crippen MR) is 66.4 cm³/mol. The molecule has 4 N–H and O–H groups in total. The summed E-state index contributed by atoms with van der Waals surface area (Å²) in [4.78, 5) is 16.7. The highest BCUT2D eigenvalue weighted by atomic mass is 16.9. The molecule has 1 aliphatic rings. The van der Waals surface area contributed by atoms with Gasteiger partial charge in [0.15, 0.2) is 0 Å². The van der Waals surface area contributed by atoms with Gasteiger partial charge >= 0.3 is 0 Å². The van der Waals surface area contributed by atoms with Gasteiger partial charge in [-0.2, -0.15) is 0 Å². The summed E-state index contributed by atoms with van der Waals surface area (Å²) in [6, 6.07) is 0. The van der Waals surface area contributed by atoms with Gasteiger partial charge in [0.1, 0.15) is 0 Å². The molecule has 0 unspecified atom stereocenters. The van der Waals surface area contributed by atoms with Gasteiger partial charge in [0, 0.05) is 13.2 Å². The van der Waals surface area contributed by atoms with Crippen molar-refractivity contribution in [3.05, 3.63) is 20.2 Å². The Morgan fingerprint density at radius 1 is 0.800 bits per heavy atom. The van der Waals surface area contributed by atoms with E-state index in [1.165, 1.54) is 25.7 Å². The van der Waals surface area contributed by atoms with Gasteiger partial charge in [-0.05, 0) is 24.7 Å². The van der Waals surface area contributed by atoms with Crippen LogP contribution in [0.1, 0.15) is 38.5 Å². The van der Waals surface area contributed by atoms with Crippen molar-refractivity contribution in [2.45, 2.75) is 38.5 Å². The van der Waals surface area contributed by atoms with Crippen molar-refractivity contribution < 1.29 is 30.8 Å². The molecular formula is C10H22N2O8. The zero-order chi connectivity index (χ0) is 16.0. The van der Waals surface area contributed by atoms with E-state index < -0.39 is 10.2 Å². The molecule has 0 amide bonds. The molecule has 1 saturated carbocycles. The summed E-state index contributed by atoms with van der Waals surface area (Å²) in [6.45, 7) is 0.685. The molecule has 0 atom stereocenters. The Bertz CT molecular complexity index is 222. The van der Waals surface area contributed by atoms with Crippen molar-refractivity contribution in [1.29, 1.82) is 0 Å². The number of nitrogens with zero attached hydrogens (tertiary/aromatic N) is 2. The second-order valence-corrected chi connectivity index (χ2v) is 4.39. The maximum absolute atomic E-state index is 8.75. The fourth-order valence-electron chi connectivity index (χ4n) is 2.17. The minimum Gasteiger partial charge on any atom is -0.396 e. The van der Waals surface area contributed by atoms with Gasteiger partial charge < -0.3 is 20.6 Å². The first kappa shape index (κ1) is 20.6. The van der Waals surface area contributed by atoms with E-state index in [0.717, 1.165) is 24.7 Å². The van der Waals surface area contributed by atoms with E-state index >= 15 is 0 Å². The Kier molecular flexibility index (Phi) is 14.2.